The Bertz CT molecular complexity index is 1130. The Morgan fingerprint density at radius 2 is 1.93 bits per heavy atom. The van der Waals surface area contributed by atoms with Crippen LogP contribution >= 0.6 is 0 Å². The van der Waals surface area contributed by atoms with Gasteiger partial charge in [-0.05, 0) is 24.3 Å². The van der Waals surface area contributed by atoms with Crippen molar-refractivity contribution >= 4 is 16.9 Å². The van der Waals surface area contributed by atoms with Crippen LogP contribution in [0.1, 0.15) is 12.8 Å². The Balaban J connectivity index is 1.15. The quantitative estimate of drug-likeness (QED) is 0.507. The summed E-state index contributed by atoms with van der Waals surface area (Å²) in [4.78, 5) is 19.0. The molecule has 9 nitrogen and oxygen atoms in total. The molecule has 1 aromatic carbocycles. The highest BCUT2D eigenvalue weighted by Crippen LogP contribution is 2.18. The number of nitrogens with zero attached hydrogens (tertiary/aromatic N) is 7. The van der Waals surface area contributed by atoms with Crippen LogP contribution in [0.5, 0.6) is 5.88 Å². The number of rotatable bonds is 5. The molecule has 0 spiro atoms. The van der Waals surface area contributed by atoms with E-state index in [2.05, 4.69) is 20.3 Å². The van der Waals surface area contributed by atoms with Crippen molar-refractivity contribution in [1.82, 2.24) is 34.4 Å². The number of para-hydroxylation sites is 2. The highest BCUT2D eigenvalue weighted by molar-refractivity contribution is 5.80. The minimum Gasteiger partial charge on any atom is -0.473 e. The summed E-state index contributed by atoms with van der Waals surface area (Å²) >= 11 is 0. The second kappa shape index (κ2) is 7.94. The molecule has 1 amide bonds. The molecule has 4 aromatic rings. The molecule has 30 heavy (non-hydrogen) atoms. The van der Waals surface area contributed by atoms with Gasteiger partial charge >= 0.3 is 0 Å². The molecular weight excluding hydrogens is 382 g/mol. The summed E-state index contributed by atoms with van der Waals surface area (Å²) in [5.74, 6) is 1.22. The molecule has 1 aliphatic rings. The minimum atomic E-state index is 0.0213. The first kappa shape index (κ1) is 18.3. The van der Waals surface area contributed by atoms with E-state index in [1.807, 2.05) is 52.1 Å². The van der Waals surface area contributed by atoms with Crippen molar-refractivity contribution in [3.05, 3.63) is 61.2 Å². The predicted molar refractivity (Wildman–Crippen MR) is 109 cm³/mol. The molecular formula is C21H21N7O2. The Kier molecular flexibility index (Phi) is 4.84. The van der Waals surface area contributed by atoms with E-state index in [0.717, 1.165) is 23.9 Å². The zero-order valence-electron chi connectivity index (χ0n) is 16.3. The maximum Gasteiger partial charge on any atom is 0.242 e. The lowest BCUT2D eigenvalue weighted by Gasteiger charge is -2.32. The van der Waals surface area contributed by atoms with Gasteiger partial charge in [-0.15, -0.1) is 10.2 Å². The van der Waals surface area contributed by atoms with Crippen LogP contribution in [0.25, 0.3) is 16.9 Å². The van der Waals surface area contributed by atoms with Crippen LogP contribution in [0.2, 0.25) is 0 Å². The lowest BCUT2D eigenvalue weighted by atomic mass is 10.1. The summed E-state index contributed by atoms with van der Waals surface area (Å²) in [6, 6.07) is 13.3. The Morgan fingerprint density at radius 1 is 1.07 bits per heavy atom. The molecule has 152 valence electrons. The van der Waals surface area contributed by atoms with Crippen molar-refractivity contribution in [2.75, 3.05) is 13.1 Å². The summed E-state index contributed by atoms with van der Waals surface area (Å²) in [7, 11) is 0. The van der Waals surface area contributed by atoms with Gasteiger partial charge in [-0.2, -0.15) is 5.10 Å². The first-order chi connectivity index (χ1) is 14.8. The number of hydrogen-bond donors (Lipinski definition) is 0. The number of piperidine rings is 1. The molecule has 1 aliphatic heterocycles. The smallest absolute Gasteiger partial charge is 0.242 e. The lowest BCUT2D eigenvalue weighted by molar-refractivity contribution is -0.133. The topological polar surface area (TPSA) is 91.0 Å². The predicted octanol–water partition coefficient (Wildman–Crippen LogP) is 2.08. The summed E-state index contributed by atoms with van der Waals surface area (Å²) < 4.78 is 9.51. The molecule has 0 N–H and O–H groups in total. The number of aromatic nitrogens is 6. The summed E-state index contributed by atoms with van der Waals surface area (Å²) in [6.07, 6.45) is 6.77. The highest BCUT2D eigenvalue weighted by Gasteiger charge is 2.24. The van der Waals surface area contributed by atoms with Crippen molar-refractivity contribution in [3.63, 3.8) is 0 Å². The number of benzene rings is 1. The van der Waals surface area contributed by atoms with Crippen molar-refractivity contribution < 1.29 is 9.53 Å². The molecule has 3 aromatic heterocycles. The van der Waals surface area contributed by atoms with Gasteiger partial charge in [0.05, 0.1) is 17.4 Å². The van der Waals surface area contributed by atoms with Crippen LogP contribution in [0.3, 0.4) is 0 Å². The van der Waals surface area contributed by atoms with Crippen LogP contribution in [0.4, 0.5) is 0 Å². The van der Waals surface area contributed by atoms with Gasteiger partial charge in [0.1, 0.15) is 12.6 Å². The summed E-state index contributed by atoms with van der Waals surface area (Å²) in [6.45, 7) is 1.62. The van der Waals surface area contributed by atoms with Gasteiger partial charge in [0.15, 0.2) is 5.82 Å². The summed E-state index contributed by atoms with van der Waals surface area (Å²) in [5, 5.41) is 12.4. The monoisotopic (exact) mass is 403 g/mol. The van der Waals surface area contributed by atoms with E-state index in [9.17, 15) is 4.79 Å². The molecule has 4 heterocycles. The zero-order chi connectivity index (χ0) is 20.3. The van der Waals surface area contributed by atoms with Gasteiger partial charge in [-0.25, -0.2) is 9.67 Å². The van der Waals surface area contributed by atoms with Crippen LogP contribution in [0, 0.1) is 0 Å². The van der Waals surface area contributed by atoms with Crippen molar-refractivity contribution in [1.29, 1.82) is 0 Å². The fraction of sp³-hybridized carbons (Fsp3) is 0.286. The fourth-order valence-electron chi connectivity index (χ4n) is 3.68. The molecule has 5 rings (SSSR count). The van der Waals surface area contributed by atoms with Crippen LogP contribution in [0.15, 0.2) is 61.2 Å². The third-order valence-corrected chi connectivity index (χ3v) is 5.28. The van der Waals surface area contributed by atoms with Crippen molar-refractivity contribution in [2.45, 2.75) is 25.5 Å². The molecule has 0 radical (unpaired) electrons. The SMILES string of the molecule is O=C(Cn1cnc2ccccc21)N1CCC(Oc2ccc(-n3cccn3)nn2)CC1. The van der Waals surface area contributed by atoms with Crippen LogP contribution < -0.4 is 4.74 Å². The van der Waals surface area contributed by atoms with Crippen molar-refractivity contribution in [2.24, 2.45) is 0 Å². The molecule has 1 fully saturated rings. The average Bonchev–Trinajstić information content (AvgIpc) is 3.46. The Hall–Kier alpha value is -3.75. The zero-order valence-corrected chi connectivity index (χ0v) is 16.3. The van der Waals surface area contributed by atoms with E-state index >= 15 is 0 Å². The number of imidazole rings is 1. The van der Waals surface area contributed by atoms with E-state index < -0.39 is 0 Å². The van der Waals surface area contributed by atoms with Crippen LogP contribution in [-0.4, -0.2) is 59.5 Å². The van der Waals surface area contributed by atoms with E-state index in [1.165, 1.54) is 0 Å². The molecule has 0 atom stereocenters. The Morgan fingerprint density at radius 3 is 2.70 bits per heavy atom. The molecule has 9 heteroatoms. The Labute approximate surface area is 172 Å². The number of likely N-dealkylation sites (tertiary alicyclic amines) is 1. The third kappa shape index (κ3) is 3.73. The van der Waals surface area contributed by atoms with E-state index in [4.69, 9.17) is 4.74 Å². The minimum absolute atomic E-state index is 0.0213. The van der Waals surface area contributed by atoms with E-state index in [1.54, 1.807) is 23.3 Å². The number of carbonyl (C=O) groups excluding carboxylic acids is 1. The number of carbonyl (C=O) groups is 1. The maximum absolute atomic E-state index is 12.7. The largest absolute Gasteiger partial charge is 0.473 e. The first-order valence-electron chi connectivity index (χ1n) is 9.94. The number of ether oxygens (including phenoxy) is 1. The first-order valence-corrected chi connectivity index (χ1v) is 9.94. The summed E-state index contributed by atoms with van der Waals surface area (Å²) in [5.41, 5.74) is 1.87. The number of fused-ring (bicyclic) bond motifs is 1. The van der Waals surface area contributed by atoms with Gasteiger partial charge in [0, 0.05) is 44.4 Å². The number of hydrogen-bond acceptors (Lipinski definition) is 6. The van der Waals surface area contributed by atoms with Gasteiger partial charge in [-0.1, -0.05) is 12.1 Å². The molecule has 1 saturated heterocycles. The van der Waals surface area contributed by atoms with Gasteiger partial charge in [0.25, 0.3) is 0 Å². The van der Waals surface area contributed by atoms with Gasteiger partial charge in [-0.3, -0.25) is 4.79 Å². The second-order valence-corrected chi connectivity index (χ2v) is 7.24. The molecule has 0 aliphatic carbocycles. The van der Waals surface area contributed by atoms with Crippen molar-refractivity contribution in [3.8, 4) is 11.7 Å². The third-order valence-electron chi connectivity index (χ3n) is 5.28. The number of amides is 1. The second-order valence-electron chi connectivity index (χ2n) is 7.24. The molecule has 0 bridgehead atoms. The van der Waals surface area contributed by atoms with Gasteiger partial charge in [0.2, 0.25) is 11.8 Å². The average molecular weight is 403 g/mol. The van der Waals surface area contributed by atoms with E-state index in [-0.39, 0.29) is 12.0 Å². The lowest BCUT2D eigenvalue weighted by Crippen LogP contribution is -2.43. The molecule has 0 saturated carbocycles. The van der Waals surface area contributed by atoms with Crippen LogP contribution in [-0.2, 0) is 11.3 Å². The fourth-order valence-corrected chi connectivity index (χ4v) is 3.68. The van der Waals surface area contributed by atoms with Gasteiger partial charge < -0.3 is 14.2 Å². The maximum atomic E-state index is 12.7. The standard InChI is InChI=1S/C21H21N7O2/c29-21(14-27-15-22-17-4-1-2-5-18(17)27)26-12-8-16(9-13-26)30-20-7-6-19(24-25-20)28-11-3-10-23-28/h1-7,10-11,15-16H,8-9,12-14H2. The molecule has 0 unspecified atom stereocenters. The van der Waals surface area contributed by atoms with E-state index in [0.29, 0.717) is 31.3 Å². The highest BCUT2D eigenvalue weighted by atomic mass is 16.5. The normalized spacial score (nSPS) is 14.9.